The minimum Gasteiger partial charge on any atom is -0.497 e. The van der Waals surface area contributed by atoms with Crippen molar-refractivity contribution >= 4 is 29.2 Å². The predicted octanol–water partition coefficient (Wildman–Crippen LogP) is 3.85. The molecular formula is C32H40N8O2. The summed E-state index contributed by atoms with van der Waals surface area (Å²) in [7, 11) is 3.83. The van der Waals surface area contributed by atoms with Crippen LogP contribution in [0, 0.1) is 0 Å². The molecule has 10 heteroatoms. The molecule has 2 aromatic heterocycles. The van der Waals surface area contributed by atoms with Gasteiger partial charge in [0.1, 0.15) is 22.9 Å². The molecule has 1 aliphatic carbocycles. The molecule has 1 saturated carbocycles. The van der Waals surface area contributed by atoms with Crippen LogP contribution in [0.25, 0.3) is 0 Å². The summed E-state index contributed by atoms with van der Waals surface area (Å²) in [6.45, 7) is 5.48. The van der Waals surface area contributed by atoms with E-state index in [1.54, 1.807) is 7.11 Å². The Morgan fingerprint density at radius 3 is 2.48 bits per heavy atom. The molecule has 1 amide bonds. The molecule has 0 bridgehead atoms. The highest BCUT2D eigenvalue weighted by Crippen LogP contribution is 2.48. The first-order valence-electron chi connectivity index (χ1n) is 15.3. The van der Waals surface area contributed by atoms with E-state index in [0.717, 1.165) is 86.2 Å². The minimum absolute atomic E-state index is 0.207. The number of methoxy groups -OCH3 is 1. The summed E-state index contributed by atoms with van der Waals surface area (Å²) in [6.07, 6.45) is 9.87. The number of nitrogens with one attached hydrogen (secondary N) is 1. The van der Waals surface area contributed by atoms with Crippen molar-refractivity contribution in [1.29, 1.82) is 0 Å². The average Bonchev–Trinajstić information content (AvgIpc) is 3.73. The first-order valence-corrected chi connectivity index (χ1v) is 15.3. The number of amides is 1. The van der Waals surface area contributed by atoms with Crippen LogP contribution in [0.1, 0.15) is 43.2 Å². The number of benzene rings is 1. The number of pyridine rings is 1. The Morgan fingerprint density at radius 2 is 1.76 bits per heavy atom. The molecule has 3 aromatic rings. The maximum Gasteiger partial charge on any atom is 0.249 e. The molecule has 220 valence electrons. The van der Waals surface area contributed by atoms with Crippen LogP contribution in [0.2, 0.25) is 0 Å². The van der Waals surface area contributed by atoms with Gasteiger partial charge in [-0.3, -0.25) is 4.79 Å². The number of hydrogen-bond donors (Lipinski definition) is 1. The number of rotatable bonds is 7. The maximum absolute atomic E-state index is 14.2. The Labute approximate surface area is 247 Å². The number of nitrogens with zero attached hydrogens (tertiary/aromatic N) is 7. The third kappa shape index (κ3) is 4.91. The second-order valence-corrected chi connectivity index (χ2v) is 12.2. The van der Waals surface area contributed by atoms with Crippen LogP contribution in [0.4, 0.5) is 23.3 Å². The molecule has 42 heavy (non-hydrogen) atoms. The van der Waals surface area contributed by atoms with Gasteiger partial charge in [0.25, 0.3) is 0 Å². The topological polar surface area (TPSA) is 90.0 Å². The van der Waals surface area contributed by atoms with E-state index in [4.69, 9.17) is 9.72 Å². The first-order chi connectivity index (χ1) is 20.5. The average molecular weight is 569 g/mol. The van der Waals surface area contributed by atoms with Crippen molar-refractivity contribution in [1.82, 2.24) is 24.8 Å². The van der Waals surface area contributed by atoms with E-state index >= 15 is 0 Å². The van der Waals surface area contributed by atoms with Crippen LogP contribution in [0.15, 0.2) is 48.8 Å². The summed E-state index contributed by atoms with van der Waals surface area (Å²) in [5.41, 5.74) is 2.73. The van der Waals surface area contributed by atoms with Crippen molar-refractivity contribution in [3.63, 3.8) is 0 Å². The fourth-order valence-electron chi connectivity index (χ4n) is 7.22. The SMILES string of the molecule is COc1ccc(CN2CCC3(Cc4cnc(Nc5ccc(N6CCN(C)CC6)cn5)nc4N3C3CCCC3)C2=O)cc1. The Morgan fingerprint density at radius 1 is 0.976 bits per heavy atom. The van der Waals surface area contributed by atoms with Gasteiger partial charge in [-0.2, -0.15) is 4.98 Å². The number of hydrogen-bond acceptors (Lipinski definition) is 9. The number of piperazine rings is 1. The highest BCUT2D eigenvalue weighted by molar-refractivity contribution is 5.94. The van der Waals surface area contributed by atoms with Gasteiger partial charge < -0.3 is 29.7 Å². The van der Waals surface area contributed by atoms with E-state index in [-0.39, 0.29) is 5.91 Å². The number of anilines is 4. The van der Waals surface area contributed by atoms with E-state index in [1.807, 2.05) is 47.6 Å². The van der Waals surface area contributed by atoms with Crippen molar-refractivity contribution in [2.75, 3.05) is 62.0 Å². The predicted molar refractivity (Wildman–Crippen MR) is 163 cm³/mol. The summed E-state index contributed by atoms with van der Waals surface area (Å²) in [5, 5.41) is 3.33. The van der Waals surface area contributed by atoms with Crippen molar-refractivity contribution < 1.29 is 9.53 Å². The Hall–Kier alpha value is -3.92. The van der Waals surface area contributed by atoms with Gasteiger partial charge >= 0.3 is 0 Å². The Kier molecular flexibility index (Phi) is 7.09. The number of ether oxygens (including phenoxy) is 1. The van der Waals surface area contributed by atoms with Gasteiger partial charge in [0, 0.05) is 63.5 Å². The quantitative estimate of drug-likeness (QED) is 0.457. The maximum atomic E-state index is 14.2. The van der Waals surface area contributed by atoms with Crippen LogP contribution >= 0.6 is 0 Å². The second kappa shape index (κ2) is 11.1. The third-order valence-electron chi connectivity index (χ3n) is 9.57. The van der Waals surface area contributed by atoms with Crippen LogP contribution in [0.5, 0.6) is 5.75 Å². The fraction of sp³-hybridized carbons (Fsp3) is 0.500. The van der Waals surface area contributed by atoms with Gasteiger partial charge in [0.05, 0.1) is 19.0 Å². The molecule has 1 aromatic carbocycles. The van der Waals surface area contributed by atoms with Crippen LogP contribution < -0.4 is 19.9 Å². The number of carbonyl (C=O) groups is 1. The zero-order valence-electron chi connectivity index (χ0n) is 24.6. The van der Waals surface area contributed by atoms with Gasteiger partial charge in [-0.25, -0.2) is 9.97 Å². The summed E-state index contributed by atoms with van der Waals surface area (Å²) in [4.78, 5) is 37.7. The molecule has 1 unspecified atom stereocenters. The lowest BCUT2D eigenvalue weighted by molar-refractivity contribution is -0.132. The summed E-state index contributed by atoms with van der Waals surface area (Å²) in [5.74, 6) is 3.18. The largest absolute Gasteiger partial charge is 0.497 e. The Bertz CT molecular complexity index is 1420. The summed E-state index contributed by atoms with van der Waals surface area (Å²) >= 11 is 0. The van der Waals surface area contributed by atoms with Crippen LogP contribution in [0.3, 0.4) is 0 Å². The standard InChI is InChI=1S/C32H40N8O2/c1-37-15-17-38(18-16-37)26-9-12-28(33-21-26)35-31-34-20-24-19-32(40(29(24)36-31)25-5-3-4-6-25)13-14-39(30(32)41)22-23-7-10-27(42-2)11-8-23/h7-12,20-21,25H,3-6,13-19,22H2,1-2H3,(H,33,34,35,36). The molecule has 3 fully saturated rings. The zero-order chi connectivity index (χ0) is 28.7. The van der Waals surface area contributed by atoms with Crippen LogP contribution in [-0.2, 0) is 17.8 Å². The Balaban J connectivity index is 1.11. The lowest BCUT2D eigenvalue weighted by Gasteiger charge is -2.39. The van der Waals surface area contributed by atoms with E-state index in [2.05, 4.69) is 43.1 Å². The van der Waals surface area contributed by atoms with Gasteiger partial charge in [-0.05, 0) is 56.1 Å². The van der Waals surface area contributed by atoms with E-state index in [9.17, 15) is 4.79 Å². The zero-order valence-corrected chi connectivity index (χ0v) is 24.6. The fourth-order valence-corrected chi connectivity index (χ4v) is 7.22. The van der Waals surface area contributed by atoms with Crippen molar-refractivity contribution in [3.8, 4) is 5.75 Å². The minimum atomic E-state index is -0.584. The number of likely N-dealkylation sites (tertiary alicyclic amines) is 1. The van der Waals surface area contributed by atoms with E-state index in [1.165, 1.54) is 12.8 Å². The van der Waals surface area contributed by atoms with Gasteiger partial charge in [0.15, 0.2) is 0 Å². The second-order valence-electron chi connectivity index (χ2n) is 12.2. The molecule has 7 rings (SSSR count). The monoisotopic (exact) mass is 568 g/mol. The molecule has 1 N–H and O–H groups in total. The van der Waals surface area contributed by atoms with Crippen LogP contribution in [-0.4, -0.2) is 89.1 Å². The smallest absolute Gasteiger partial charge is 0.249 e. The molecule has 3 aliphatic heterocycles. The number of likely N-dealkylation sites (N-methyl/N-ethyl adjacent to an activating group) is 1. The number of aromatic nitrogens is 3. The van der Waals surface area contributed by atoms with E-state index < -0.39 is 5.54 Å². The molecule has 4 aliphatic rings. The summed E-state index contributed by atoms with van der Waals surface area (Å²) in [6, 6.07) is 12.4. The molecule has 5 heterocycles. The molecule has 1 atom stereocenters. The van der Waals surface area contributed by atoms with Gasteiger partial charge in [-0.1, -0.05) is 25.0 Å². The molecular weight excluding hydrogens is 528 g/mol. The number of fused-ring (bicyclic) bond motifs is 1. The van der Waals surface area contributed by atoms with Crippen molar-refractivity contribution in [2.24, 2.45) is 0 Å². The van der Waals surface area contributed by atoms with E-state index in [0.29, 0.717) is 25.0 Å². The highest BCUT2D eigenvalue weighted by Gasteiger charge is 2.57. The van der Waals surface area contributed by atoms with Crippen molar-refractivity contribution in [2.45, 2.75) is 56.7 Å². The van der Waals surface area contributed by atoms with Gasteiger partial charge in [0.2, 0.25) is 11.9 Å². The van der Waals surface area contributed by atoms with Crippen molar-refractivity contribution in [3.05, 3.63) is 59.9 Å². The first kappa shape index (κ1) is 26.9. The summed E-state index contributed by atoms with van der Waals surface area (Å²) < 4.78 is 5.31. The molecule has 2 saturated heterocycles. The normalized spacial score (nSPS) is 22.8. The lowest BCUT2D eigenvalue weighted by atomic mass is 9.91. The highest BCUT2D eigenvalue weighted by atomic mass is 16.5. The third-order valence-corrected chi connectivity index (χ3v) is 9.57. The molecule has 0 radical (unpaired) electrons. The number of carbonyl (C=O) groups excluding carboxylic acids is 1. The van der Waals surface area contributed by atoms with Gasteiger partial charge in [-0.15, -0.1) is 0 Å². The lowest BCUT2D eigenvalue weighted by Crippen LogP contribution is -2.56. The molecule has 10 nitrogen and oxygen atoms in total. The molecule has 1 spiro atoms.